The molecule has 6 rings (SSSR count). The second kappa shape index (κ2) is 13.7. The molecule has 0 spiro atoms. The van der Waals surface area contributed by atoms with E-state index in [9.17, 15) is 0 Å². The second-order valence-electron chi connectivity index (χ2n) is 11.3. The van der Waals surface area contributed by atoms with Crippen LogP contribution in [0.25, 0.3) is 0 Å². The quantitative estimate of drug-likeness (QED) is 0.129. The maximum Gasteiger partial charge on any atom is 0.215 e. The smallest absolute Gasteiger partial charge is 0.215 e. The highest BCUT2D eigenvalue weighted by atomic mass is 28.3. The van der Waals surface area contributed by atoms with E-state index in [-0.39, 0.29) is 5.82 Å². The van der Waals surface area contributed by atoms with E-state index in [0.717, 1.165) is 18.3 Å². The fourth-order valence-electron chi connectivity index (χ4n) is 6.32. The Kier molecular flexibility index (Phi) is 9.15. The predicted octanol–water partition coefficient (Wildman–Crippen LogP) is 6.05. The van der Waals surface area contributed by atoms with Crippen molar-refractivity contribution >= 4 is 36.6 Å². The van der Waals surface area contributed by atoms with Crippen LogP contribution in [0.3, 0.4) is 0 Å². The zero-order chi connectivity index (χ0) is 29.3. The highest BCUT2D eigenvalue weighted by molar-refractivity contribution is 7.10. The lowest BCUT2D eigenvalue weighted by Gasteiger charge is -2.35. The van der Waals surface area contributed by atoms with Gasteiger partial charge < -0.3 is 4.57 Å². The summed E-state index contributed by atoms with van der Waals surface area (Å²) >= 11 is 0. The van der Waals surface area contributed by atoms with Gasteiger partial charge in [0.05, 0.1) is 5.72 Å². The number of aryl methyl sites for hydroxylation is 1. The Bertz CT molecular complexity index is 1620. The van der Waals surface area contributed by atoms with Gasteiger partial charge in [0.15, 0.2) is 8.07 Å². The number of unbranched alkanes of at least 4 members (excludes halogenated alkanes) is 1. The number of hydrogen-bond donors (Lipinski definition) is 0. The van der Waals surface area contributed by atoms with Gasteiger partial charge in [-0.15, -0.1) is 0 Å². The van der Waals surface area contributed by atoms with Crippen LogP contribution in [-0.4, -0.2) is 24.9 Å². The lowest BCUT2D eigenvalue weighted by molar-refractivity contribution is 0.795. The Balaban J connectivity index is 1.48. The lowest BCUT2D eigenvalue weighted by Crippen LogP contribution is -2.70. The van der Waals surface area contributed by atoms with Crippen molar-refractivity contribution in [1.82, 2.24) is 9.55 Å². The molecule has 6 aromatic rings. The SMILES string of the molecule is CCCCc1cccc([Si](Cn2ccnc2[B]C(c2ccccc2)c2ccccc2)(c2ccccc2)c2ccccc2)c1. The summed E-state index contributed by atoms with van der Waals surface area (Å²) in [6.45, 7) is 2.27. The van der Waals surface area contributed by atoms with Crippen molar-refractivity contribution in [2.24, 2.45) is 0 Å². The fourth-order valence-corrected chi connectivity index (χ4v) is 11.0. The molecule has 43 heavy (non-hydrogen) atoms. The van der Waals surface area contributed by atoms with E-state index < -0.39 is 8.07 Å². The fraction of sp³-hybridized carbons (Fsp3) is 0.154. The molecule has 0 saturated carbocycles. The maximum absolute atomic E-state index is 4.96. The van der Waals surface area contributed by atoms with E-state index in [0.29, 0.717) is 0 Å². The summed E-state index contributed by atoms with van der Waals surface area (Å²) in [6, 6.07) is 53.4. The molecular formula is C39H38BN2Si. The Labute approximate surface area is 258 Å². The van der Waals surface area contributed by atoms with E-state index in [2.05, 4.69) is 171 Å². The van der Waals surface area contributed by atoms with Gasteiger partial charge in [-0.1, -0.05) is 159 Å². The third-order valence-electron chi connectivity index (χ3n) is 8.56. The molecule has 5 aromatic carbocycles. The number of rotatable bonds is 12. The summed E-state index contributed by atoms with van der Waals surface area (Å²) < 4.78 is 2.41. The van der Waals surface area contributed by atoms with Crippen LogP contribution in [0.1, 0.15) is 42.3 Å². The van der Waals surface area contributed by atoms with Crippen LogP contribution in [0.2, 0.25) is 0 Å². The standard InChI is InChI=1S/C39H38BN2Si/c1-2-3-17-32-18-16-27-37(30-32)43(35-23-12-6-13-24-35,36-25-14-7-15-26-36)31-42-29-28-41-39(42)40-38(33-19-8-4-9-20-33)34-21-10-5-11-22-34/h4-16,18-30,38H,2-3,17,31H2,1H3. The first kappa shape index (κ1) is 28.7. The minimum atomic E-state index is -2.54. The van der Waals surface area contributed by atoms with Gasteiger partial charge in [-0.2, -0.15) is 0 Å². The van der Waals surface area contributed by atoms with Crippen LogP contribution in [0.4, 0.5) is 0 Å². The first-order valence-corrected chi connectivity index (χ1v) is 17.6. The average molecular weight is 574 g/mol. The Hall–Kier alpha value is -4.41. The van der Waals surface area contributed by atoms with Crippen molar-refractivity contribution in [2.45, 2.75) is 38.2 Å². The number of nitrogens with zero attached hydrogens (tertiary/aromatic N) is 2. The summed E-state index contributed by atoms with van der Waals surface area (Å²) in [4.78, 5) is 4.96. The van der Waals surface area contributed by atoms with E-state index in [4.69, 9.17) is 4.98 Å². The summed E-state index contributed by atoms with van der Waals surface area (Å²) in [7, 11) is -0.192. The Morgan fingerprint density at radius 2 is 1.19 bits per heavy atom. The number of hydrogen-bond acceptors (Lipinski definition) is 1. The third kappa shape index (κ3) is 6.35. The normalized spacial score (nSPS) is 11.5. The molecule has 0 unspecified atom stereocenters. The largest absolute Gasteiger partial charge is 0.345 e. The zero-order valence-corrected chi connectivity index (χ0v) is 25.9. The van der Waals surface area contributed by atoms with Crippen LogP contribution in [0.15, 0.2) is 158 Å². The molecule has 1 heterocycles. The van der Waals surface area contributed by atoms with Gasteiger partial charge in [-0.3, -0.25) is 4.98 Å². The first-order valence-electron chi connectivity index (χ1n) is 15.4. The molecular weight excluding hydrogens is 535 g/mol. The van der Waals surface area contributed by atoms with Crippen molar-refractivity contribution in [3.63, 3.8) is 0 Å². The molecule has 0 aliphatic carbocycles. The zero-order valence-electron chi connectivity index (χ0n) is 24.9. The van der Waals surface area contributed by atoms with Gasteiger partial charge in [0, 0.05) is 18.6 Å². The molecule has 1 radical (unpaired) electrons. The molecule has 0 atom stereocenters. The minimum absolute atomic E-state index is 0.102. The van der Waals surface area contributed by atoms with Gasteiger partial charge in [-0.25, -0.2) is 0 Å². The Morgan fingerprint density at radius 3 is 1.74 bits per heavy atom. The molecule has 0 aliphatic heterocycles. The maximum atomic E-state index is 4.96. The molecule has 0 aliphatic rings. The van der Waals surface area contributed by atoms with E-state index in [1.807, 2.05) is 6.20 Å². The molecule has 0 N–H and O–H groups in total. The molecule has 2 nitrogen and oxygen atoms in total. The van der Waals surface area contributed by atoms with E-state index >= 15 is 0 Å². The summed E-state index contributed by atoms with van der Waals surface area (Å²) in [5.41, 5.74) is 4.96. The van der Waals surface area contributed by atoms with Crippen LogP contribution in [0, 0.1) is 0 Å². The minimum Gasteiger partial charge on any atom is -0.345 e. The van der Waals surface area contributed by atoms with Gasteiger partial charge in [0.1, 0.15) is 0 Å². The summed E-state index contributed by atoms with van der Waals surface area (Å²) in [5, 5.41) is 4.27. The van der Waals surface area contributed by atoms with E-state index in [1.165, 1.54) is 45.1 Å². The van der Waals surface area contributed by atoms with Gasteiger partial charge in [0.25, 0.3) is 0 Å². The highest BCUT2D eigenvalue weighted by Gasteiger charge is 2.40. The topological polar surface area (TPSA) is 17.8 Å². The molecule has 0 fully saturated rings. The second-order valence-corrected chi connectivity index (χ2v) is 15.2. The number of benzene rings is 5. The molecule has 1 aromatic heterocycles. The predicted molar refractivity (Wildman–Crippen MR) is 185 cm³/mol. The number of imidazole rings is 1. The van der Waals surface area contributed by atoms with Gasteiger partial charge >= 0.3 is 0 Å². The number of aromatic nitrogens is 2. The third-order valence-corrected chi connectivity index (χ3v) is 13.3. The van der Waals surface area contributed by atoms with Crippen LogP contribution >= 0.6 is 0 Å². The highest BCUT2D eigenvalue weighted by Crippen LogP contribution is 2.23. The van der Waals surface area contributed by atoms with Crippen molar-refractivity contribution in [3.8, 4) is 0 Å². The van der Waals surface area contributed by atoms with Crippen molar-refractivity contribution < 1.29 is 0 Å². The van der Waals surface area contributed by atoms with Crippen LogP contribution in [0.5, 0.6) is 0 Å². The van der Waals surface area contributed by atoms with E-state index in [1.54, 1.807) is 0 Å². The first-order chi connectivity index (χ1) is 21.3. The lowest BCUT2D eigenvalue weighted by atomic mass is 9.58. The molecule has 4 heteroatoms. The summed E-state index contributed by atoms with van der Waals surface area (Å²) in [6.07, 6.45) is 8.51. The molecule has 0 bridgehead atoms. The molecule has 0 saturated heterocycles. The molecule has 0 amide bonds. The van der Waals surface area contributed by atoms with Crippen molar-refractivity contribution in [1.29, 1.82) is 0 Å². The van der Waals surface area contributed by atoms with Gasteiger partial charge in [-0.05, 0) is 50.9 Å². The summed E-state index contributed by atoms with van der Waals surface area (Å²) in [5.74, 6) is 0.102. The van der Waals surface area contributed by atoms with Crippen molar-refractivity contribution in [2.75, 3.05) is 0 Å². The average Bonchev–Trinajstić information content (AvgIpc) is 3.53. The monoisotopic (exact) mass is 573 g/mol. The Morgan fingerprint density at radius 1 is 0.651 bits per heavy atom. The van der Waals surface area contributed by atoms with Crippen LogP contribution < -0.4 is 21.3 Å². The van der Waals surface area contributed by atoms with Crippen molar-refractivity contribution in [3.05, 3.63) is 175 Å². The molecule has 211 valence electrons. The van der Waals surface area contributed by atoms with Gasteiger partial charge in [0.2, 0.25) is 7.28 Å². The van der Waals surface area contributed by atoms with Crippen LogP contribution in [-0.2, 0) is 12.6 Å².